The molecular formula is C13H15N. The third kappa shape index (κ3) is 1.94. The van der Waals surface area contributed by atoms with Gasteiger partial charge >= 0.3 is 0 Å². The molecule has 0 spiro atoms. The molecule has 1 nitrogen and oxygen atoms in total. The van der Waals surface area contributed by atoms with Crippen LogP contribution < -0.4 is 5.73 Å². The van der Waals surface area contributed by atoms with E-state index in [1.54, 1.807) is 0 Å². The minimum atomic E-state index is 0.123. The zero-order valence-corrected chi connectivity index (χ0v) is 8.14. The van der Waals surface area contributed by atoms with E-state index >= 15 is 0 Å². The van der Waals surface area contributed by atoms with Gasteiger partial charge in [0.2, 0.25) is 0 Å². The smallest absolute Gasteiger partial charge is 0.0361 e. The molecular weight excluding hydrogens is 170 g/mol. The monoisotopic (exact) mass is 185 g/mol. The van der Waals surface area contributed by atoms with Gasteiger partial charge < -0.3 is 5.73 Å². The van der Waals surface area contributed by atoms with Crippen LogP contribution in [0.4, 0.5) is 0 Å². The Bertz CT molecular complexity index is 338. The molecule has 0 heterocycles. The molecule has 0 aromatic heterocycles. The Hall–Kier alpha value is -1.34. The van der Waals surface area contributed by atoms with Gasteiger partial charge in [0.05, 0.1) is 0 Å². The normalized spacial score (nSPS) is 22.2. The van der Waals surface area contributed by atoms with Crippen molar-refractivity contribution in [2.75, 3.05) is 0 Å². The molecule has 1 heteroatoms. The Kier molecular flexibility index (Phi) is 2.80. The highest BCUT2D eigenvalue weighted by Gasteiger charge is 2.16. The van der Waals surface area contributed by atoms with Crippen molar-refractivity contribution in [3.05, 3.63) is 60.2 Å². The first-order valence-electron chi connectivity index (χ1n) is 5.02. The molecule has 0 saturated heterocycles. The summed E-state index contributed by atoms with van der Waals surface area (Å²) in [5, 5.41) is 0. The second-order valence-corrected chi connectivity index (χ2v) is 3.65. The minimum absolute atomic E-state index is 0.123. The van der Waals surface area contributed by atoms with Crippen LogP contribution >= 0.6 is 0 Å². The van der Waals surface area contributed by atoms with E-state index in [2.05, 4.69) is 36.4 Å². The number of rotatable bonds is 2. The number of allylic oxidation sites excluding steroid dienone is 3. The quantitative estimate of drug-likeness (QED) is 0.753. The van der Waals surface area contributed by atoms with Gasteiger partial charge in [-0.2, -0.15) is 0 Å². The first-order chi connectivity index (χ1) is 6.88. The van der Waals surface area contributed by atoms with Crippen LogP contribution in [0.5, 0.6) is 0 Å². The molecule has 2 atom stereocenters. The Morgan fingerprint density at radius 3 is 2.57 bits per heavy atom. The summed E-state index contributed by atoms with van der Waals surface area (Å²) < 4.78 is 0. The summed E-state index contributed by atoms with van der Waals surface area (Å²) in [5.41, 5.74) is 7.40. The fraction of sp³-hybridized carbons (Fsp3) is 0.231. The Morgan fingerprint density at radius 2 is 1.93 bits per heavy atom. The van der Waals surface area contributed by atoms with E-state index in [-0.39, 0.29) is 6.04 Å². The van der Waals surface area contributed by atoms with E-state index in [9.17, 15) is 0 Å². The number of hydrogen-bond donors (Lipinski definition) is 1. The van der Waals surface area contributed by atoms with E-state index in [1.165, 1.54) is 5.56 Å². The summed E-state index contributed by atoms with van der Waals surface area (Å²) >= 11 is 0. The number of nitrogens with two attached hydrogens (primary N) is 1. The minimum Gasteiger partial charge on any atom is -0.323 e. The fourth-order valence-corrected chi connectivity index (χ4v) is 1.79. The maximum atomic E-state index is 6.18. The number of hydrogen-bond acceptors (Lipinski definition) is 1. The van der Waals surface area contributed by atoms with Crippen LogP contribution in [-0.4, -0.2) is 0 Å². The van der Waals surface area contributed by atoms with E-state index in [0.29, 0.717) is 5.92 Å². The van der Waals surface area contributed by atoms with Crippen LogP contribution in [0, 0.1) is 5.92 Å². The van der Waals surface area contributed by atoms with Crippen LogP contribution in [0.3, 0.4) is 0 Å². The van der Waals surface area contributed by atoms with E-state index in [4.69, 9.17) is 5.73 Å². The summed E-state index contributed by atoms with van der Waals surface area (Å²) in [6, 6.07) is 10.4. The van der Waals surface area contributed by atoms with Gasteiger partial charge in [-0.15, -0.1) is 0 Å². The van der Waals surface area contributed by atoms with E-state index < -0.39 is 0 Å². The van der Waals surface area contributed by atoms with Crippen LogP contribution in [0.15, 0.2) is 54.6 Å². The second kappa shape index (κ2) is 4.25. The summed E-state index contributed by atoms with van der Waals surface area (Å²) in [7, 11) is 0. The molecule has 0 amide bonds. The molecule has 0 bridgehead atoms. The Labute approximate surface area is 84.9 Å². The molecule has 2 N–H and O–H groups in total. The molecule has 14 heavy (non-hydrogen) atoms. The lowest BCUT2D eigenvalue weighted by molar-refractivity contribution is 0.524. The summed E-state index contributed by atoms with van der Waals surface area (Å²) in [6.07, 6.45) is 9.57. The van der Waals surface area contributed by atoms with Crippen molar-refractivity contribution < 1.29 is 0 Å². The largest absolute Gasteiger partial charge is 0.323 e. The summed E-state index contributed by atoms with van der Waals surface area (Å²) in [6.45, 7) is 0. The van der Waals surface area contributed by atoms with Gasteiger partial charge in [0.25, 0.3) is 0 Å². The summed E-state index contributed by atoms with van der Waals surface area (Å²) in [5.74, 6) is 0.447. The standard InChI is InChI=1S/C13H15N/c14-13(11-7-3-1-4-8-11)12-9-5-2-6-10-12/h1-9,12-13H,10,14H2. The van der Waals surface area contributed by atoms with Crippen molar-refractivity contribution in [3.8, 4) is 0 Å². The van der Waals surface area contributed by atoms with Crippen LogP contribution in [0.1, 0.15) is 18.0 Å². The average molecular weight is 185 g/mol. The first-order valence-corrected chi connectivity index (χ1v) is 5.02. The zero-order valence-electron chi connectivity index (χ0n) is 8.14. The average Bonchev–Trinajstić information content (AvgIpc) is 2.30. The maximum Gasteiger partial charge on any atom is 0.0361 e. The van der Waals surface area contributed by atoms with Gasteiger partial charge in [-0.1, -0.05) is 54.6 Å². The number of benzene rings is 1. The summed E-state index contributed by atoms with van der Waals surface area (Å²) in [4.78, 5) is 0. The highest BCUT2D eigenvalue weighted by atomic mass is 14.6. The molecule has 1 aliphatic carbocycles. The van der Waals surface area contributed by atoms with Gasteiger partial charge in [0.1, 0.15) is 0 Å². The predicted octanol–water partition coefficient (Wildman–Crippen LogP) is 2.82. The van der Waals surface area contributed by atoms with Crippen molar-refractivity contribution >= 4 is 0 Å². The molecule has 1 aliphatic rings. The lowest BCUT2D eigenvalue weighted by atomic mass is 9.89. The maximum absolute atomic E-state index is 6.18. The van der Waals surface area contributed by atoms with Crippen molar-refractivity contribution in [3.63, 3.8) is 0 Å². The molecule has 1 aromatic carbocycles. The lowest BCUT2D eigenvalue weighted by Gasteiger charge is -2.21. The van der Waals surface area contributed by atoms with Gasteiger partial charge in [-0.05, 0) is 17.9 Å². The van der Waals surface area contributed by atoms with Crippen LogP contribution in [0.25, 0.3) is 0 Å². The Morgan fingerprint density at radius 1 is 1.14 bits per heavy atom. The topological polar surface area (TPSA) is 26.0 Å². The zero-order chi connectivity index (χ0) is 9.80. The van der Waals surface area contributed by atoms with Crippen LogP contribution in [-0.2, 0) is 0 Å². The lowest BCUT2D eigenvalue weighted by Crippen LogP contribution is -2.20. The van der Waals surface area contributed by atoms with Gasteiger partial charge in [-0.3, -0.25) is 0 Å². The SMILES string of the molecule is NC(c1ccccc1)C1C=CC=CC1. The van der Waals surface area contributed by atoms with Gasteiger partial charge in [0, 0.05) is 6.04 Å². The van der Waals surface area contributed by atoms with Crippen molar-refractivity contribution in [1.29, 1.82) is 0 Å². The van der Waals surface area contributed by atoms with E-state index in [1.807, 2.05) is 18.2 Å². The molecule has 1 aromatic rings. The molecule has 0 fully saturated rings. The molecule has 0 radical (unpaired) electrons. The second-order valence-electron chi connectivity index (χ2n) is 3.65. The van der Waals surface area contributed by atoms with Crippen molar-refractivity contribution in [2.45, 2.75) is 12.5 Å². The molecule has 0 aliphatic heterocycles. The molecule has 0 saturated carbocycles. The van der Waals surface area contributed by atoms with Gasteiger partial charge in [0.15, 0.2) is 0 Å². The highest BCUT2D eigenvalue weighted by molar-refractivity contribution is 5.23. The highest BCUT2D eigenvalue weighted by Crippen LogP contribution is 2.25. The van der Waals surface area contributed by atoms with Crippen molar-refractivity contribution in [2.24, 2.45) is 11.7 Å². The fourth-order valence-electron chi connectivity index (χ4n) is 1.79. The third-order valence-corrected chi connectivity index (χ3v) is 2.66. The molecule has 72 valence electrons. The van der Waals surface area contributed by atoms with Gasteiger partial charge in [-0.25, -0.2) is 0 Å². The Balaban J connectivity index is 2.12. The van der Waals surface area contributed by atoms with Crippen molar-refractivity contribution in [1.82, 2.24) is 0 Å². The van der Waals surface area contributed by atoms with Crippen LogP contribution in [0.2, 0.25) is 0 Å². The first kappa shape index (κ1) is 9.22. The molecule has 2 rings (SSSR count). The third-order valence-electron chi connectivity index (χ3n) is 2.66. The van der Waals surface area contributed by atoms with E-state index in [0.717, 1.165) is 6.42 Å². The predicted molar refractivity (Wildman–Crippen MR) is 59.8 cm³/mol. The molecule has 2 unspecified atom stereocenters.